The molecule has 0 bridgehead atoms. The highest BCUT2D eigenvalue weighted by Gasteiger charge is 2.36. The summed E-state index contributed by atoms with van der Waals surface area (Å²) in [5.41, 5.74) is 12.1. The smallest absolute Gasteiger partial charge is 0.224 e. The number of nitrogens with zero attached hydrogens (tertiary/aromatic N) is 4. The van der Waals surface area contributed by atoms with Gasteiger partial charge in [-0.3, -0.25) is 4.57 Å². The van der Waals surface area contributed by atoms with Crippen molar-refractivity contribution in [3.8, 4) is 0 Å². The number of aliphatic hydroxyl groups is 2. The molecular weight excluding hydrogens is 252 g/mol. The second-order valence-electron chi connectivity index (χ2n) is 4.43. The van der Waals surface area contributed by atoms with Gasteiger partial charge in [0.2, 0.25) is 5.95 Å². The standard InChI is InChI=1S/C10H14N6O3/c11-7-6-8(15-10(12)14-7)16(3-13-6)9-5(18)1-4(2-17)19-9/h3-5,9,17-18H,1-2H2,(H4,11,12,14,15)/t4?,5-,9?/m1/s1. The van der Waals surface area contributed by atoms with Gasteiger partial charge in [0.15, 0.2) is 17.7 Å². The molecule has 0 saturated carbocycles. The Morgan fingerprint density at radius 1 is 1.42 bits per heavy atom. The minimum absolute atomic E-state index is 0.0259. The van der Waals surface area contributed by atoms with E-state index in [2.05, 4.69) is 15.0 Å². The molecule has 2 aromatic heterocycles. The quantitative estimate of drug-likeness (QED) is 0.521. The summed E-state index contributed by atoms with van der Waals surface area (Å²) in [7, 11) is 0. The molecule has 0 aromatic carbocycles. The van der Waals surface area contributed by atoms with Gasteiger partial charge in [0.25, 0.3) is 0 Å². The normalized spacial score (nSPS) is 27.2. The third kappa shape index (κ3) is 1.87. The maximum Gasteiger partial charge on any atom is 0.224 e. The number of imidazole rings is 1. The maximum atomic E-state index is 9.97. The summed E-state index contributed by atoms with van der Waals surface area (Å²) in [5, 5.41) is 19.0. The van der Waals surface area contributed by atoms with E-state index in [9.17, 15) is 5.11 Å². The van der Waals surface area contributed by atoms with Crippen LogP contribution in [0.25, 0.3) is 11.2 Å². The summed E-state index contributed by atoms with van der Waals surface area (Å²) < 4.78 is 7.08. The van der Waals surface area contributed by atoms with E-state index in [1.165, 1.54) is 6.33 Å². The molecule has 3 atom stereocenters. The topological polar surface area (TPSA) is 145 Å². The zero-order valence-corrected chi connectivity index (χ0v) is 9.97. The number of hydrogen-bond donors (Lipinski definition) is 4. The second kappa shape index (κ2) is 4.30. The molecule has 0 amide bonds. The number of hydrogen-bond acceptors (Lipinski definition) is 8. The van der Waals surface area contributed by atoms with E-state index in [1.54, 1.807) is 4.57 Å². The molecule has 3 rings (SSSR count). The highest BCUT2D eigenvalue weighted by atomic mass is 16.5. The molecule has 1 fully saturated rings. The van der Waals surface area contributed by atoms with Crippen LogP contribution < -0.4 is 11.5 Å². The van der Waals surface area contributed by atoms with E-state index in [1.807, 2.05) is 0 Å². The summed E-state index contributed by atoms with van der Waals surface area (Å²) >= 11 is 0. The van der Waals surface area contributed by atoms with Crippen LogP contribution in [0.15, 0.2) is 6.33 Å². The molecule has 0 radical (unpaired) electrons. The first-order chi connectivity index (χ1) is 9.10. The van der Waals surface area contributed by atoms with Crippen LogP contribution in [0.1, 0.15) is 12.6 Å². The molecule has 3 heterocycles. The van der Waals surface area contributed by atoms with Crippen molar-refractivity contribution in [1.82, 2.24) is 19.5 Å². The van der Waals surface area contributed by atoms with Crippen LogP contribution in [-0.2, 0) is 4.74 Å². The zero-order chi connectivity index (χ0) is 13.6. The average molecular weight is 266 g/mol. The summed E-state index contributed by atoms with van der Waals surface area (Å²) in [5.74, 6) is 0.199. The number of rotatable bonds is 2. The van der Waals surface area contributed by atoms with E-state index in [4.69, 9.17) is 21.3 Å². The minimum atomic E-state index is -0.757. The van der Waals surface area contributed by atoms with Gasteiger partial charge in [0.1, 0.15) is 11.6 Å². The van der Waals surface area contributed by atoms with Crippen molar-refractivity contribution >= 4 is 22.9 Å². The number of aromatic nitrogens is 4. The number of nitrogens with two attached hydrogens (primary N) is 2. The molecule has 6 N–H and O–H groups in total. The lowest BCUT2D eigenvalue weighted by atomic mass is 10.2. The largest absolute Gasteiger partial charge is 0.394 e. The third-order valence-corrected chi connectivity index (χ3v) is 3.11. The molecule has 19 heavy (non-hydrogen) atoms. The van der Waals surface area contributed by atoms with Gasteiger partial charge in [-0.15, -0.1) is 0 Å². The summed E-state index contributed by atoms with van der Waals surface area (Å²) in [6, 6.07) is 0. The van der Waals surface area contributed by atoms with Crippen LogP contribution in [-0.4, -0.2) is 48.5 Å². The molecular formula is C10H14N6O3. The van der Waals surface area contributed by atoms with Crippen molar-refractivity contribution in [2.75, 3.05) is 18.1 Å². The van der Waals surface area contributed by atoms with Gasteiger partial charge in [-0.25, -0.2) is 4.98 Å². The van der Waals surface area contributed by atoms with Gasteiger partial charge in [-0.05, 0) is 0 Å². The van der Waals surface area contributed by atoms with Gasteiger partial charge in [-0.1, -0.05) is 0 Å². The lowest BCUT2D eigenvalue weighted by Crippen LogP contribution is -2.19. The Balaban J connectivity index is 2.06. The molecule has 9 nitrogen and oxygen atoms in total. The fourth-order valence-electron chi connectivity index (χ4n) is 2.24. The molecule has 2 aromatic rings. The van der Waals surface area contributed by atoms with Crippen LogP contribution in [0.3, 0.4) is 0 Å². The molecule has 0 spiro atoms. The number of fused-ring (bicyclic) bond motifs is 1. The van der Waals surface area contributed by atoms with Crippen molar-refractivity contribution in [2.45, 2.75) is 24.9 Å². The number of aliphatic hydroxyl groups excluding tert-OH is 2. The van der Waals surface area contributed by atoms with Crippen LogP contribution in [0, 0.1) is 0 Å². The summed E-state index contributed by atoms with van der Waals surface area (Å²) in [6.07, 6.45) is -0.0311. The second-order valence-corrected chi connectivity index (χ2v) is 4.43. The first kappa shape index (κ1) is 12.1. The van der Waals surface area contributed by atoms with E-state index in [0.717, 1.165) is 0 Å². The van der Waals surface area contributed by atoms with Crippen LogP contribution in [0.4, 0.5) is 11.8 Å². The average Bonchev–Trinajstić information content (AvgIpc) is 2.92. The third-order valence-electron chi connectivity index (χ3n) is 3.11. The van der Waals surface area contributed by atoms with E-state index < -0.39 is 18.4 Å². The van der Waals surface area contributed by atoms with E-state index in [0.29, 0.717) is 17.6 Å². The van der Waals surface area contributed by atoms with Crippen molar-refractivity contribution < 1.29 is 14.9 Å². The Hall–Kier alpha value is -1.97. The van der Waals surface area contributed by atoms with Gasteiger partial charge >= 0.3 is 0 Å². The Morgan fingerprint density at radius 2 is 2.21 bits per heavy atom. The molecule has 0 aliphatic carbocycles. The molecule has 9 heteroatoms. The van der Waals surface area contributed by atoms with Crippen LogP contribution in [0.2, 0.25) is 0 Å². The predicted molar refractivity (Wildman–Crippen MR) is 65.8 cm³/mol. The van der Waals surface area contributed by atoms with E-state index in [-0.39, 0.29) is 18.4 Å². The lowest BCUT2D eigenvalue weighted by Gasteiger charge is -2.16. The fraction of sp³-hybridized carbons (Fsp3) is 0.500. The van der Waals surface area contributed by atoms with Gasteiger partial charge in [-0.2, -0.15) is 9.97 Å². The maximum absolute atomic E-state index is 9.97. The first-order valence-electron chi connectivity index (χ1n) is 5.80. The number of ether oxygens (including phenoxy) is 1. The Labute approximate surface area is 107 Å². The Kier molecular flexibility index (Phi) is 2.73. The minimum Gasteiger partial charge on any atom is -0.394 e. The summed E-state index contributed by atoms with van der Waals surface area (Å²) in [6.45, 7) is -0.153. The zero-order valence-electron chi connectivity index (χ0n) is 9.97. The van der Waals surface area contributed by atoms with Crippen molar-refractivity contribution in [2.24, 2.45) is 0 Å². The van der Waals surface area contributed by atoms with Gasteiger partial charge in [0, 0.05) is 6.42 Å². The Bertz CT molecular complexity index is 615. The Morgan fingerprint density at radius 3 is 2.89 bits per heavy atom. The van der Waals surface area contributed by atoms with Gasteiger partial charge < -0.3 is 26.4 Å². The molecule has 2 unspecified atom stereocenters. The highest BCUT2D eigenvalue weighted by molar-refractivity contribution is 5.82. The van der Waals surface area contributed by atoms with Crippen LogP contribution in [0.5, 0.6) is 0 Å². The number of nitrogen functional groups attached to an aromatic ring is 2. The lowest BCUT2D eigenvalue weighted by molar-refractivity contribution is -0.0486. The monoisotopic (exact) mass is 266 g/mol. The van der Waals surface area contributed by atoms with Crippen molar-refractivity contribution in [3.63, 3.8) is 0 Å². The predicted octanol–water partition coefficient (Wildman–Crippen LogP) is -1.37. The van der Waals surface area contributed by atoms with Gasteiger partial charge in [0.05, 0.1) is 19.0 Å². The molecule has 1 aliphatic heterocycles. The van der Waals surface area contributed by atoms with Crippen LogP contribution >= 0.6 is 0 Å². The summed E-state index contributed by atoms with van der Waals surface area (Å²) in [4.78, 5) is 12.0. The first-order valence-corrected chi connectivity index (χ1v) is 5.80. The van der Waals surface area contributed by atoms with Crippen molar-refractivity contribution in [3.05, 3.63) is 6.33 Å². The number of anilines is 2. The van der Waals surface area contributed by atoms with Crippen molar-refractivity contribution in [1.29, 1.82) is 0 Å². The highest BCUT2D eigenvalue weighted by Crippen LogP contribution is 2.31. The molecule has 102 valence electrons. The SMILES string of the molecule is Nc1nc(N)c2ncn(C3OC(CO)C[C@H]3O)c2n1. The molecule has 1 aliphatic rings. The fourth-order valence-corrected chi connectivity index (χ4v) is 2.24. The van der Waals surface area contributed by atoms with E-state index >= 15 is 0 Å². The molecule has 1 saturated heterocycles.